The van der Waals surface area contributed by atoms with Crippen LogP contribution in [0.4, 0.5) is 0 Å². The lowest BCUT2D eigenvalue weighted by atomic mass is 9.81. The number of nitrogens with zero attached hydrogens (tertiary/aromatic N) is 2. The standard InChI is InChI=1S/C56H90N4O18/c1-35-18-16-14-12-10-8-6-7-9-11-13-15-17-19-42(77-55-53(72)50(52(71)38(4)76-55)58-47(68)34-57-5)31-46-49(54(73)60-24-22-59(23-25-60)26-27-61)45(67)33-56(74,78-46)32-41(64)29-44(66)43(65)21-20-39(62)28-40(63)30-48(69)75-37(3)36(2)51(35)70/h6-19,35-46,49-53,55,57,61-67,70-72,74H,20-34H2,1-5H3,(H,58,68)/b7-6+,10-8+,11-9+,14-12+,15-13+,18-16+,19-17+/t35-,36-,37-,38+,39+,40+,41-,42-,43+,44+,45-,46-,49+,50-,51+,52+,53-,55-,56+/m0/s1. The molecule has 3 fully saturated rings. The van der Waals surface area contributed by atoms with Crippen LogP contribution >= 0.6 is 0 Å². The van der Waals surface area contributed by atoms with Gasteiger partial charge < -0.3 is 90.7 Å². The van der Waals surface area contributed by atoms with E-state index in [4.69, 9.17) is 18.9 Å². The van der Waals surface area contributed by atoms with Gasteiger partial charge >= 0.3 is 5.97 Å². The Morgan fingerprint density at radius 2 is 1.29 bits per heavy atom. The molecule has 13 N–H and O–H groups in total. The summed E-state index contributed by atoms with van der Waals surface area (Å²) in [6.45, 7) is 8.39. The van der Waals surface area contributed by atoms with Crippen LogP contribution in [0.2, 0.25) is 0 Å². The molecule has 19 atom stereocenters. The van der Waals surface area contributed by atoms with E-state index in [9.17, 15) is 70.6 Å². The SMILES string of the molecule is CNCC(=O)N[C@@H]1[C@H](O)[C@H](O[C@H]2/C=C/C=C/C=C/C=C/C=C/C=C/C=C/[C@H](C)[C@@H](O)[C@@H](C)[C@H](C)OC(=O)C[C@H](O)C[C@H](O)CC[C@@H](O)[C@H](O)C[C@H](O)C[C@]3(O)C[C@H](O)[C@@H](C(=O)N4CCN(CCO)CC4)[C@H](C2)O3)O[C@H](C)[C@H]1O. The van der Waals surface area contributed by atoms with Gasteiger partial charge in [0.15, 0.2) is 12.1 Å². The number of rotatable bonds is 8. The number of ether oxygens (including phenoxy) is 4. The maximum Gasteiger partial charge on any atom is 0.308 e. The van der Waals surface area contributed by atoms with E-state index < -0.39 is 153 Å². The number of aliphatic hydroxyl groups is 11. The van der Waals surface area contributed by atoms with Gasteiger partial charge in [-0.05, 0) is 40.2 Å². The Kier molecular flexibility index (Phi) is 28.7. The van der Waals surface area contributed by atoms with Gasteiger partial charge in [-0.2, -0.15) is 0 Å². The number of aliphatic hydroxyl groups excluding tert-OH is 10. The van der Waals surface area contributed by atoms with Gasteiger partial charge in [0.05, 0.1) is 92.6 Å². The molecule has 0 aliphatic carbocycles. The first kappa shape index (κ1) is 66.5. The number of amides is 2. The first-order valence-corrected chi connectivity index (χ1v) is 27.3. The van der Waals surface area contributed by atoms with Crippen molar-refractivity contribution in [1.29, 1.82) is 0 Å². The number of hydrogen-bond donors (Lipinski definition) is 13. The van der Waals surface area contributed by atoms with E-state index in [0.29, 0.717) is 19.6 Å². The summed E-state index contributed by atoms with van der Waals surface area (Å²) in [7, 11) is 1.56. The van der Waals surface area contributed by atoms with Crippen LogP contribution in [0.5, 0.6) is 0 Å². The van der Waals surface area contributed by atoms with Gasteiger partial charge in [0, 0.05) is 70.2 Å². The van der Waals surface area contributed by atoms with E-state index >= 15 is 0 Å². The van der Waals surface area contributed by atoms with E-state index in [0.717, 1.165) is 0 Å². The highest BCUT2D eigenvalue weighted by Gasteiger charge is 2.52. The zero-order valence-electron chi connectivity index (χ0n) is 45.8. The highest BCUT2D eigenvalue weighted by Crippen LogP contribution is 2.39. The number of nitrogens with one attached hydrogen (secondary N) is 2. The molecule has 78 heavy (non-hydrogen) atoms. The molecule has 2 amide bonds. The monoisotopic (exact) mass is 1110 g/mol. The van der Waals surface area contributed by atoms with Crippen LogP contribution in [-0.2, 0) is 33.3 Å². The first-order chi connectivity index (χ1) is 37.1. The summed E-state index contributed by atoms with van der Waals surface area (Å²) >= 11 is 0. The fourth-order valence-electron chi connectivity index (χ4n) is 10.0. The third-order valence-corrected chi connectivity index (χ3v) is 14.7. The van der Waals surface area contributed by atoms with Crippen LogP contribution in [0.15, 0.2) is 85.1 Å². The van der Waals surface area contributed by atoms with Gasteiger partial charge in [0.25, 0.3) is 0 Å². The Hall–Kier alpha value is -4.05. The summed E-state index contributed by atoms with van der Waals surface area (Å²) in [4.78, 5) is 43.5. The molecule has 0 unspecified atom stereocenters. The molecule has 22 heteroatoms. The summed E-state index contributed by atoms with van der Waals surface area (Å²) in [5.74, 6) is -6.12. The quantitative estimate of drug-likeness (QED) is 0.132. The van der Waals surface area contributed by atoms with Crippen molar-refractivity contribution in [3.05, 3.63) is 85.1 Å². The van der Waals surface area contributed by atoms with Gasteiger partial charge in [-0.25, -0.2) is 0 Å². The summed E-state index contributed by atoms with van der Waals surface area (Å²) in [6, 6.07) is -1.23. The van der Waals surface area contributed by atoms with Crippen molar-refractivity contribution in [1.82, 2.24) is 20.4 Å². The Balaban J connectivity index is 1.66. The maximum absolute atomic E-state index is 14.5. The Morgan fingerprint density at radius 3 is 1.90 bits per heavy atom. The van der Waals surface area contributed by atoms with Gasteiger partial charge in [0.1, 0.15) is 18.3 Å². The van der Waals surface area contributed by atoms with Crippen molar-refractivity contribution < 1.29 is 89.5 Å². The van der Waals surface area contributed by atoms with Gasteiger partial charge in [-0.15, -0.1) is 0 Å². The maximum atomic E-state index is 14.5. The lowest BCUT2D eigenvalue weighted by molar-refractivity contribution is -0.308. The van der Waals surface area contributed by atoms with Gasteiger partial charge in [0.2, 0.25) is 11.8 Å². The normalized spacial score (nSPS) is 41.3. The molecular weight excluding hydrogens is 1020 g/mol. The van der Waals surface area contributed by atoms with Crippen LogP contribution in [-0.4, -0.2) is 234 Å². The lowest BCUT2D eigenvalue weighted by Crippen LogP contribution is -2.64. The van der Waals surface area contributed by atoms with Crippen LogP contribution in [0.25, 0.3) is 0 Å². The number of piperazine rings is 1. The van der Waals surface area contributed by atoms with Crippen molar-refractivity contribution in [3.8, 4) is 0 Å². The van der Waals surface area contributed by atoms with E-state index in [1.165, 1.54) is 6.92 Å². The number of β-amino-alcohol motifs (C(OH)–C–C–N with tert-alkyl or cyclic N) is 1. The van der Waals surface area contributed by atoms with Crippen molar-refractivity contribution in [2.75, 3.05) is 52.9 Å². The average molecular weight is 1110 g/mol. The van der Waals surface area contributed by atoms with Gasteiger partial charge in [-0.1, -0.05) is 98.9 Å². The summed E-state index contributed by atoms with van der Waals surface area (Å²) in [6.07, 6.45) is 3.60. The minimum atomic E-state index is -2.32. The second-order valence-electron chi connectivity index (χ2n) is 21.2. The minimum Gasteiger partial charge on any atom is -0.462 e. The summed E-state index contributed by atoms with van der Waals surface area (Å²) in [5, 5.41) is 127. The summed E-state index contributed by atoms with van der Waals surface area (Å²) in [5.41, 5.74) is 0. The second-order valence-corrected chi connectivity index (χ2v) is 21.2. The third-order valence-electron chi connectivity index (χ3n) is 14.7. The van der Waals surface area contributed by atoms with Crippen molar-refractivity contribution in [3.63, 3.8) is 0 Å². The molecule has 442 valence electrons. The predicted octanol–water partition coefficient (Wildman–Crippen LogP) is -0.859. The van der Waals surface area contributed by atoms with Crippen molar-refractivity contribution in [2.24, 2.45) is 17.8 Å². The number of hydrogen-bond acceptors (Lipinski definition) is 20. The zero-order chi connectivity index (χ0) is 57.5. The Morgan fingerprint density at radius 1 is 0.692 bits per heavy atom. The number of likely N-dealkylation sites (N-methyl/N-ethyl adjacent to an activating group) is 1. The number of esters is 1. The zero-order valence-corrected chi connectivity index (χ0v) is 45.8. The molecule has 4 rings (SSSR count). The fourth-order valence-corrected chi connectivity index (χ4v) is 10.0. The molecule has 0 radical (unpaired) electrons. The molecule has 0 spiro atoms. The minimum absolute atomic E-state index is 0.0705. The largest absolute Gasteiger partial charge is 0.462 e. The molecule has 0 aromatic heterocycles. The van der Waals surface area contributed by atoms with E-state index in [2.05, 4.69) is 10.6 Å². The van der Waals surface area contributed by atoms with Gasteiger partial charge in [-0.3, -0.25) is 19.3 Å². The topological polar surface area (TPSA) is 341 Å². The highest BCUT2D eigenvalue weighted by molar-refractivity contribution is 5.80. The fraction of sp³-hybridized carbons (Fsp3) is 0.696. The second kappa shape index (κ2) is 33.6. The van der Waals surface area contributed by atoms with E-state index in [1.807, 2.05) is 42.2 Å². The molecule has 22 nitrogen and oxygen atoms in total. The molecule has 0 aromatic carbocycles. The Labute approximate surface area is 458 Å². The van der Waals surface area contributed by atoms with Crippen LogP contribution in [0, 0.1) is 17.8 Å². The average Bonchev–Trinajstić information content (AvgIpc) is 3.46. The molecule has 4 heterocycles. The number of carbonyl (C=O) groups excluding carboxylic acids is 3. The number of carbonyl (C=O) groups is 3. The van der Waals surface area contributed by atoms with Crippen LogP contribution in [0.1, 0.15) is 79.1 Å². The molecule has 4 aliphatic heterocycles. The highest BCUT2D eigenvalue weighted by atomic mass is 16.7. The molecule has 4 aliphatic rings. The predicted molar refractivity (Wildman–Crippen MR) is 287 cm³/mol. The molecule has 2 bridgehead atoms. The van der Waals surface area contributed by atoms with Crippen LogP contribution in [0.3, 0.4) is 0 Å². The number of cyclic esters (lactones) is 1. The van der Waals surface area contributed by atoms with Crippen molar-refractivity contribution in [2.45, 2.75) is 177 Å². The first-order valence-electron chi connectivity index (χ1n) is 27.3. The number of fused-ring (bicyclic) bond motifs is 2. The van der Waals surface area contributed by atoms with Crippen LogP contribution < -0.4 is 10.6 Å². The van der Waals surface area contributed by atoms with E-state index in [1.54, 1.807) is 80.5 Å². The summed E-state index contributed by atoms with van der Waals surface area (Å²) < 4.78 is 24.2. The van der Waals surface area contributed by atoms with Crippen molar-refractivity contribution >= 4 is 17.8 Å². The lowest BCUT2D eigenvalue weighted by Gasteiger charge is -2.47. The smallest absolute Gasteiger partial charge is 0.308 e. The molecule has 3 saturated heterocycles. The molecular formula is C56H90N4O18. The molecule has 0 saturated carbocycles. The van der Waals surface area contributed by atoms with E-state index in [-0.39, 0.29) is 57.8 Å². The Bertz CT molecular complexity index is 2030. The third kappa shape index (κ3) is 21.8. The molecule has 0 aromatic rings. The number of allylic oxidation sites excluding steroid dienone is 12.